The number of hydrogen-bond acceptors (Lipinski definition) is 3. The molecule has 2 aromatic heterocycles. The molecule has 0 radical (unpaired) electrons. The normalized spacial score (nSPS) is 13.4. The van der Waals surface area contributed by atoms with Crippen molar-refractivity contribution in [3.63, 3.8) is 0 Å². The number of hydrogen-bond donors (Lipinski definition) is 0. The van der Waals surface area contributed by atoms with Crippen molar-refractivity contribution in [2.75, 3.05) is 0 Å². The smallest absolute Gasteiger partial charge is 0.164 e. The van der Waals surface area contributed by atoms with Crippen LogP contribution in [0.25, 0.3) is 72.4 Å². The van der Waals surface area contributed by atoms with Crippen molar-refractivity contribution in [3.8, 4) is 39.9 Å². The van der Waals surface area contributed by atoms with Gasteiger partial charge in [0.25, 0.3) is 0 Å². The van der Waals surface area contributed by atoms with Gasteiger partial charge in [-0.25, -0.2) is 15.0 Å². The van der Waals surface area contributed by atoms with Crippen LogP contribution in [-0.2, 0) is 5.41 Å². The molecule has 0 saturated carbocycles. The van der Waals surface area contributed by atoms with Crippen LogP contribution in [0.5, 0.6) is 0 Å². The van der Waals surface area contributed by atoms with E-state index < -0.39 is 0 Å². The maximum absolute atomic E-state index is 5.03. The SMILES string of the molecule is CC1(C)c2cc(-c3nc(-c4ccccc4)nc(-c4ccccc4)n3)ccc2-n2c3ccc4ccccc4c3c3cc(Br)cc1c32. The summed E-state index contributed by atoms with van der Waals surface area (Å²) in [7, 11) is 0. The van der Waals surface area contributed by atoms with Gasteiger partial charge in [0.1, 0.15) is 0 Å². The molecule has 0 aliphatic carbocycles. The molecule has 4 nitrogen and oxygen atoms in total. The molecule has 0 N–H and O–H groups in total. The number of rotatable bonds is 3. The van der Waals surface area contributed by atoms with Crippen molar-refractivity contribution in [3.05, 3.63) is 143 Å². The second-order valence-corrected chi connectivity index (χ2v) is 13.2. The van der Waals surface area contributed by atoms with Crippen LogP contribution in [0, 0.1) is 0 Å². The van der Waals surface area contributed by atoms with Crippen molar-refractivity contribution >= 4 is 48.5 Å². The highest BCUT2D eigenvalue weighted by Gasteiger charge is 2.36. The van der Waals surface area contributed by atoms with Gasteiger partial charge in [-0.2, -0.15) is 0 Å². The Morgan fingerprint density at radius 2 is 1.18 bits per heavy atom. The number of halogens is 1. The molecule has 0 bridgehead atoms. The summed E-state index contributed by atoms with van der Waals surface area (Å²) in [6.07, 6.45) is 0. The molecule has 0 fully saturated rings. The molecule has 6 aromatic carbocycles. The van der Waals surface area contributed by atoms with Crippen LogP contribution in [0.1, 0.15) is 25.0 Å². The number of fused-ring (bicyclic) bond motifs is 7. The van der Waals surface area contributed by atoms with Crippen molar-refractivity contribution in [1.82, 2.24) is 19.5 Å². The van der Waals surface area contributed by atoms with Gasteiger partial charge in [0.2, 0.25) is 0 Å². The predicted octanol–water partition coefficient (Wildman–Crippen LogP) is 10.5. The van der Waals surface area contributed by atoms with Gasteiger partial charge in [0.05, 0.1) is 16.7 Å². The Balaban J connectivity index is 1.32. The topological polar surface area (TPSA) is 43.6 Å². The molecule has 5 heteroatoms. The van der Waals surface area contributed by atoms with Crippen LogP contribution < -0.4 is 0 Å². The lowest BCUT2D eigenvalue weighted by molar-refractivity contribution is 0.630. The summed E-state index contributed by atoms with van der Waals surface area (Å²) in [4.78, 5) is 15.0. The fourth-order valence-electron chi connectivity index (χ4n) is 7.06. The van der Waals surface area contributed by atoms with E-state index in [1.165, 1.54) is 49.4 Å². The maximum Gasteiger partial charge on any atom is 0.164 e. The van der Waals surface area contributed by atoms with Gasteiger partial charge in [-0.3, -0.25) is 0 Å². The molecule has 8 aromatic rings. The lowest BCUT2D eigenvalue weighted by Gasteiger charge is -2.35. The van der Waals surface area contributed by atoms with Crippen molar-refractivity contribution in [1.29, 1.82) is 0 Å². The predicted molar refractivity (Wildman–Crippen MR) is 188 cm³/mol. The number of aromatic nitrogens is 4. The molecular formula is C40H27BrN4. The van der Waals surface area contributed by atoms with Crippen molar-refractivity contribution < 1.29 is 0 Å². The third-order valence-corrected chi connectivity index (χ3v) is 9.72. The Labute approximate surface area is 269 Å². The lowest BCUT2D eigenvalue weighted by Crippen LogP contribution is -2.26. The molecule has 0 unspecified atom stereocenters. The number of nitrogens with zero attached hydrogens (tertiary/aromatic N) is 4. The minimum absolute atomic E-state index is 0.273. The van der Waals surface area contributed by atoms with Crippen LogP contribution in [-0.4, -0.2) is 19.5 Å². The Morgan fingerprint density at radius 1 is 0.556 bits per heavy atom. The summed E-state index contributed by atoms with van der Waals surface area (Å²) in [6.45, 7) is 4.66. The van der Waals surface area contributed by atoms with E-state index in [2.05, 4.69) is 101 Å². The minimum atomic E-state index is -0.273. The zero-order chi connectivity index (χ0) is 30.3. The van der Waals surface area contributed by atoms with Gasteiger partial charge < -0.3 is 4.57 Å². The van der Waals surface area contributed by atoms with E-state index in [0.29, 0.717) is 17.5 Å². The molecule has 45 heavy (non-hydrogen) atoms. The van der Waals surface area contributed by atoms with Crippen LogP contribution in [0.2, 0.25) is 0 Å². The zero-order valence-electron chi connectivity index (χ0n) is 24.8. The molecule has 1 aliphatic rings. The first-order chi connectivity index (χ1) is 22.0. The van der Waals surface area contributed by atoms with E-state index in [4.69, 9.17) is 15.0 Å². The molecule has 0 saturated heterocycles. The summed E-state index contributed by atoms with van der Waals surface area (Å²) in [6, 6.07) is 44.7. The Kier molecular flexibility index (Phi) is 5.66. The Bertz CT molecular complexity index is 2400. The molecule has 214 valence electrons. The summed E-state index contributed by atoms with van der Waals surface area (Å²) in [5.41, 5.74) is 8.82. The fraction of sp³-hybridized carbons (Fsp3) is 0.0750. The fourth-order valence-corrected chi connectivity index (χ4v) is 7.52. The summed E-state index contributed by atoms with van der Waals surface area (Å²) >= 11 is 3.87. The summed E-state index contributed by atoms with van der Waals surface area (Å²) < 4.78 is 3.55. The highest BCUT2D eigenvalue weighted by Crippen LogP contribution is 2.50. The first-order valence-electron chi connectivity index (χ1n) is 15.2. The quantitative estimate of drug-likeness (QED) is 0.192. The average molecular weight is 644 g/mol. The Morgan fingerprint density at radius 3 is 1.87 bits per heavy atom. The zero-order valence-corrected chi connectivity index (χ0v) is 26.4. The molecule has 0 spiro atoms. The van der Waals surface area contributed by atoms with E-state index >= 15 is 0 Å². The van der Waals surface area contributed by atoms with Gasteiger partial charge in [-0.05, 0) is 58.3 Å². The van der Waals surface area contributed by atoms with Crippen molar-refractivity contribution in [2.24, 2.45) is 0 Å². The first-order valence-corrected chi connectivity index (χ1v) is 15.9. The third kappa shape index (κ3) is 3.94. The highest BCUT2D eigenvalue weighted by molar-refractivity contribution is 9.10. The van der Waals surface area contributed by atoms with E-state index in [9.17, 15) is 0 Å². The Hall–Kier alpha value is -5.13. The van der Waals surface area contributed by atoms with E-state index in [1.54, 1.807) is 0 Å². The lowest BCUT2D eigenvalue weighted by atomic mass is 9.74. The maximum atomic E-state index is 5.03. The second-order valence-electron chi connectivity index (χ2n) is 12.3. The highest BCUT2D eigenvalue weighted by atomic mass is 79.9. The molecule has 9 rings (SSSR count). The minimum Gasteiger partial charge on any atom is -0.309 e. The number of benzene rings is 6. The summed E-state index contributed by atoms with van der Waals surface area (Å²) in [5, 5.41) is 5.08. The van der Waals surface area contributed by atoms with E-state index in [-0.39, 0.29) is 5.41 Å². The van der Waals surface area contributed by atoms with Gasteiger partial charge in [-0.15, -0.1) is 0 Å². The first kappa shape index (κ1) is 26.3. The largest absolute Gasteiger partial charge is 0.309 e. The average Bonchev–Trinajstić information content (AvgIpc) is 3.42. The van der Waals surface area contributed by atoms with Crippen LogP contribution in [0.4, 0.5) is 0 Å². The summed E-state index contributed by atoms with van der Waals surface area (Å²) in [5.74, 6) is 1.99. The van der Waals surface area contributed by atoms with Gasteiger partial charge in [0, 0.05) is 37.4 Å². The van der Waals surface area contributed by atoms with Crippen LogP contribution >= 0.6 is 15.9 Å². The molecule has 0 amide bonds. The van der Waals surface area contributed by atoms with Crippen molar-refractivity contribution in [2.45, 2.75) is 19.3 Å². The second kappa shape index (κ2) is 9.68. The monoisotopic (exact) mass is 642 g/mol. The van der Waals surface area contributed by atoms with Crippen LogP contribution in [0.3, 0.4) is 0 Å². The van der Waals surface area contributed by atoms with Gasteiger partial charge >= 0.3 is 0 Å². The van der Waals surface area contributed by atoms with Crippen LogP contribution in [0.15, 0.2) is 132 Å². The molecule has 1 aliphatic heterocycles. The van der Waals surface area contributed by atoms with Gasteiger partial charge in [-0.1, -0.05) is 121 Å². The third-order valence-electron chi connectivity index (χ3n) is 9.26. The molecule has 3 heterocycles. The standard InChI is InChI=1S/C40H27BrN4/c1-40(2)31-21-27(39-43-37(25-12-5-3-6-13-25)42-38(44-39)26-14-7-4-8-15-26)18-19-33(31)45-34-20-17-24-11-9-10-16-29(24)35(34)30-22-28(41)23-32(40)36(30)45/h3-23H,1-2H3. The van der Waals surface area contributed by atoms with Gasteiger partial charge in [0.15, 0.2) is 17.5 Å². The molecular weight excluding hydrogens is 616 g/mol. The van der Waals surface area contributed by atoms with E-state index in [0.717, 1.165) is 21.2 Å². The van der Waals surface area contributed by atoms with E-state index in [1.807, 2.05) is 60.7 Å². The molecule has 0 atom stereocenters.